The predicted octanol–water partition coefficient (Wildman–Crippen LogP) is 3.72. The SMILES string of the molecule is COc1ccc(CO[C@@H]2C[C@@H](CCI)O[C@@H]2[C@H]2COC(C)(C)O2)c(OC)c1. The van der Waals surface area contributed by atoms with E-state index >= 15 is 0 Å². The molecule has 2 fully saturated rings. The summed E-state index contributed by atoms with van der Waals surface area (Å²) in [4.78, 5) is 0. The molecule has 1 aromatic rings. The van der Waals surface area contributed by atoms with E-state index < -0.39 is 5.79 Å². The first kappa shape index (κ1) is 21.1. The monoisotopic (exact) mass is 492 g/mol. The third-order valence-corrected chi connectivity index (χ3v) is 5.61. The molecule has 1 aromatic carbocycles. The molecule has 4 atom stereocenters. The molecular formula is C20H29IO6. The fraction of sp³-hybridized carbons (Fsp3) is 0.700. The van der Waals surface area contributed by atoms with Gasteiger partial charge in [-0.1, -0.05) is 22.6 Å². The lowest BCUT2D eigenvalue weighted by Crippen LogP contribution is -2.38. The van der Waals surface area contributed by atoms with Gasteiger partial charge in [0.2, 0.25) is 0 Å². The van der Waals surface area contributed by atoms with E-state index in [1.54, 1.807) is 14.2 Å². The maximum absolute atomic E-state index is 6.29. The second-order valence-corrected chi connectivity index (χ2v) is 8.41. The van der Waals surface area contributed by atoms with E-state index in [1.165, 1.54) is 0 Å². The van der Waals surface area contributed by atoms with Crippen molar-refractivity contribution in [3.05, 3.63) is 23.8 Å². The Hall–Kier alpha value is -0.610. The van der Waals surface area contributed by atoms with Gasteiger partial charge in [-0.25, -0.2) is 0 Å². The van der Waals surface area contributed by atoms with Crippen molar-refractivity contribution < 1.29 is 28.4 Å². The Labute approximate surface area is 174 Å². The van der Waals surface area contributed by atoms with E-state index in [4.69, 9.17) is 28.4 Å². The Bertz CT molecular complexity index is 622. The first-order valence-electron chi connectivity index (χ1n) is 9.31. The number of halogens is 1. The number of methoxy groups -OCH3 is 2. The van der Waals surface area contributed by atoms with Crippen molar-refractivity contribution in [1.82, 2.24) is 0 Å². The van der Waals surface area contributed by atoms with Gasteiger partial charge < -0.3 is 28.4 Å². The van der Waals surface area contributed by atoms with Gasteiger partial charge in [0.25, 0.3) is 0 Å². The molecule has 0 unspecified atom stereocenters. The number of ether oxygens (including phenoxy) is 6. The highest BCUT2D eigenvalue weighted by molar-refractivity contribution is 14.1. The molecule has 2 aliphatic rings. The smallest absolute Gasteiger partial charge is 0.163 e. The van der Waals surface area contributed by atoms with E-state index in [-0.39, 0.29) is 24.4 Å². The van der Waals surface area contributed by atoms with Crippen molar-refractivity contribution in [3.8, 4) is 11.5 Å². The lowest BCUT2D eigenvalue weighted by molar-refractivity contribution is -0.164. The Balaban J connectivity index is 1.67. The van der Waals surface area contributed by atoms with Crippen LogP contribution in [0.5, 0.6) is 11.5 Å². The first-order valence-corrected chi connectivity index (χ1v) is 10.8. The molecule has 2 aliphatic heterocycles. The van der Waals surface area contributed by atoms with Gasteiger partial charge in [-0.15, -0.1) is 0 Å². The van der Waals surface area contributed by atoms with Crippen LogP contribution in [0.25, 0.3) is 0 Å². The van der Waals surface area contributed by atoms with E-state index in [0.29, 0.717) is 13.2 Å². The van der Waals surface area contributed by atoms with Crippen LogP contribution in [0.4, 0.5) is 0 Å². The molecule has 0 bridgehead atoms. The summed E-state index contributed by atoms with van der Waals surface area (Å²) in [6.45, 7) is 4.84. The van der Waals surface area contributed by atoms with Crippen LogP contribution < -0.4 is 9.47 Å². The summed E-state index contributed by atoms with van der Waals surface area (Å²) in [5.74, 6) is 0.952. The minimum Gasteiger partial charge on any atom is -0.497 e. The number of rotatable bonds is 8. The molecule has 3 rings (SSSR count). The highest BCUT2D eigenvalue weighted by Gasteiger charge is 2.46. The summed E-state index contributed by atoms with van der Waals surface area (Å²) in [7, 11) is 3.30. The minimum atomic E-state index is -0.570. The van der Waals surface area contributed by atoms with Gasteiger partial charge >= 0.3 is 0 Å². The van der Waals surface area contributed by atoms with Crippen molar-refractivity contribution in [2.75, 3.05) is 25.3 Å². The molecule has 0 N–H and O–H groups in total. The van der Waals surface area contributed by atoms with Crippen LogP contribution in [0.2, 0.25) is 0 Å². The molecule has 0 saturated carbocycles. The summed E-state index contributed by atoms with van der Waals surface area (Å²) in [5.41, 5.74) is 0.985. The Morgan fingerprint density at radius 2 is 2.04 bits per heavy atom. The average Bonchev–Trinajstić information content (AvgIpc) is 3.22. The predicted molar refractivity (Wildman–Crippen MR) is 110 cm³/mol. The normalized spacial score (nSPS) is 29.8. The van der Waals surface area contributed by atoms with E-state index in [1.807, 2.05) is 32.0 Å². The van der Waals surface area contributed by atoms with Crippen molar-refractivity contribution in [3.63, 3.8) is 0 Å². The van der Waals surface area contributed by atoms with E-state index in [9.17, 15) is 0 Å². The number of hydrogen-bond acceptors (Lipinski definition) is 6. The minimum absolute atomic E-state index is 0.0349. The standard InChI is InChI=1S/C20H29IO6/c1-20(2)25-12-18(27-20)19-17(10-15(26-19)7-8-21)24-11-13-5-6-14(22-3)9-16(13)23-4/h5-6,9,15,17-19H,7-8,10-12H2,1-4H3/t15-,17-,18-,19+/m1/s1. The molecule has 0 aromatic heterocycles. The van der Waals surface area contributed by atoms with Gasteiger partial charge in [-0.2, -0.15) is 0 Å². The molecule has 27 heavy (non-hydrogen) atoms. The number of alkyl halides is 1. The second-order valence-electron chi connectivity index (χ2n) is 7.33. The van der Waals surface area contributed by atoms with Gasteiger partial charge in [-0.3, -0.25) is 0 Å². The lowest BCUT2D eigenvalue weighted by atomic mass is 10.1. The maximum Gasteiger partial charge on any atom is 0.163 e. The van der Waals surface area contributed by atoms with Crippen molar-refractivity contribution in [2.24, 2.45) is 0 Å². The number of hydrogen-bond donors (Lipinski definition) is 0. The fourth-order valence-corrected chi connectivity index (χ4v) is 4.30. The van der Waals surface area contributed by atoms with Gasteiger partial charge in [0, 0.05) is 22.5 Å². The van der Waals surface area contributed by atoms with Gasteiger partial charge in [0.15, 0.2) is 5.79 Å². The molecule has 7 heteroatoms. The zero-order valence-corrected chi connectivity index (χ0v) is 18.6. The summed E-state index contributed by atoms with van der Waals surface area (Å²) in [5, 5.41) is 0. The van der Waals surface area contributed by atoms with Crippen LogP contribution in [0.1, 0.15) is 32.3 Å². The van der Waals surface area contributed by atoms with E-state index in [2.05, 4.69) is 22.6 Å². The Morgan fingerprint density at radius 3 is 2.67 bits per heavy atom. The highest BCUT2D eigenvalue weighted by Crippen LogP contribution is 2.35. The summed E-state index contributed by atoms with van der Waals surface area (Å²) in [6.07, 6.45) is 1.81. The average molecular weight is 492 g/mol. The molecule has 0 spiro atoms. The topological polar surface area (TPSA) is 55.4 Å². The second kappa shape index (κ2) is 9.26. The van der Waals surface area contributed by atoms with Crippen molar-refractivity contribution in [2.45, 2.75) is 63.5 Å². The van der Waals surface area contributed by atoms with E-state index in [0.717, 1.165) is 34.3 Å². The molecule has 0 radical (unpaired) electrons. The molecule has 152 valence electrons. The molecule has 0 amide bonds. The first-order chi connectivity index (χ1) is 13.0. The molecule has 6 nitrogen and oxygen atoms in total. The summed E-state index contributed by atoms with van der Waals surface area (Å²) in [6, 6.07) is 5.76. The quantitative estimate of drug-likeness (QED) is 0.408. The van der Waals surface area contributed by atoms with Crippen LogP contribution in [-0.4, -0.2) is 55.5 Å². The molecular weight excluding hydrogens is 463 g/mol. The van der Waals surface area contributed by atoms with Crippen LogP contribution in [0.3, 0.4) is 0 Å². The van der Waals surface area contributed by atoms with Crippen LogP contribution >= 0.6 is 22.6 Å². The molecule has 2 saturated heterocycles. The summed E-state index contributed by atoms with van der Waals surface area (Å²) < 4.78 is 36.2. The van der Waals surface area contributed by atoms with Crippen LogP contribution in [-0.2, 0) is 25.6 Å². The highest BCUT2D eigenvalue weighted by atomic mass is 127. The Kier molecular flexibility index (Phi) is 7.24. The van der Waals surface area contributed by atoms with Gasteiger partial charge in [-0.05, 0) is 32.4 Å². The fourth-order valence-electron chi connectivity index (χ4n) is 3.60. The van der Waals surface area contributed by atoms with Crippen LogP contribution in [0.15, 0.2) is 18.2 Å². The zero-order chi connectivity index (χ0) is 19.4. The summed E-state index contributed by atoms with van der Waals surface area (Å²) >= 11 is 2.39. The number of benzene rings is 1. The third-order valence-electron chi connectivity index (χ3n) is 4.99. The third kappa shape index (κ3) is 5.26. The maximum atomic E-state index is 6.29. The lowest BCUT2D eigenvalue weighted by Gasteiger charge is -2.25. The Morgan fingerprint density at radius 1 is 1.22 bits per heavy atom. The van der Waals surface area contributed by atoms with Crippen LogP contribution in [0, 0.1) is 0 Å². The molecule has 2 heterocycles. The van der Waals surface area contributed by atoms with Gasteiger partial charge in [0.1, 0.15) is 23.7 Å². The van der Waals surface area contributed by atoms with Gasteiger partial charge in [0.05, 0.1) is 39.6 Å². The molecule has 0 aliphatic carbocycles. The zero-order valence-electron chi connectivity index (χ0n) is 16.4. The largest absolute Gasteiger partial charge is 0.497 e. The van der Waals surface area contributed by atoms with Crippen molar-refractivity contribution >= 4 is 22.6 Å². The van der Waals surface area contributed by atoms with Crippen molar-refractivity contribution in [1.29, 1.82) is 0 Å².